The zero-order valence-electron chi connectivity index (χ0n) is 17.0. The van der Waals surface area contributed by atoms with E-state index < -0.39 is 62.4 Å². The zero-order valence-corrected chi connectivity index (χ0v) is 18.6. The van der Waals surface area contributed by atoms with E-state index in [2.05, 4.69) is 17.9 Å². The lowest BCUT2D eigenvalue weighted by molar-refractivity contribution is -0.0992. The predicted octanol–water partition coefficient (Wildman–Crippen LogP) is 2.58. The van der Waals surface area contributed by atoms with Crippen LogP contribution >= 0.6 is 24.2 Å². The summed E-state index contributed by atoms with van der Waals surface area (Å²) in [4.78, 5) is 40.2. The van der Waals surface area contributed by atoms with Crippen LogP contribution < -0.4 is 10.7 Å². The number of fused-ring (bicyclic) bond motifs is 2. The highest BCUT2D eigenvalue weighted by Gasteiger charge is 2.61. The molecule has 2 N–H and O–H groups in total. The molecule has 33 heavy (non-hydrogen) atoms. The molecule has 8 nitrogen and oxygen atoms in total. The highest BCUT2D eigenvalue weighted by atomic mass is 35.5. The smallest absolute Gasteiger partial charge is 0.277 e. The molecule has 1 spiro atoms. The Bertz CT molecular complexity index is 1270. The molecule has 2 aliphatic heterocycles. The molecule has 5 rings (SSSR count). The first kappa shape index (κ1) is 22.2. The van der Waals surface area contributed by atoms with E-state index in [4.69, 9.17) is 16.3 Å². The number of benzene rings is 1. The van der Waals surface area contributed by atoms with E-state index in [0.717, 1.165) is 18.6 Å². The van der Waals surface area contributed by atoms with Crippen molar-refractivity contribution >= 4 is 36.0 Å². The fourth-order valence-electron chi connectivity index (χ4n) is 5.00. The Morgan fingerprint density at radius 3 is 2.88 bits per heavy atom. The number of halogens is 3. The number of hydrogen-bond acceptors (Lipinski definition) is 6. The lowest BCUT2D eigenvalue weighted by Gasteiger charge is -2.45. The summed E-state index contributed by atoms with van der Waals surface area (Å²) in [6.45, 7) is -0.179. The van der Waals surface area contributed by atoms with Gasteiger partial charge < -0.3 is 19.7 Å². The molecule has 12 heteroatoms. The molecule has 2 amide bonds. The maximum Gasteiger partial charge on any atom is 0.277 e. The molecule has 1 aliphatic carbocycles. The number of aromatic nitrogens is 1. The van der Waals surface area contributed by atoms with E-state index in [0.29, 0.717) is 12.8 Å². The molecule has 3 heterocycles. The number of aromatic hydroxyl groups is 1. The molecule has 1 aromatic carbocycles. The summed E-state index contributed by atoms with van der Waals surface area (Å²) >= 11 is 9.98. The van der Waals surface area contributed by atoms with E-state index in [1.165, 1.54) is 15.7 Å². The number of rotatable bonds is 3. The van der Waals surface area contributed by atoms with Gasteiger partial charge in [0.05, 0.1) is 12.6 Å². The third-order valence-corrected chi connectivity index (χ3v) is 7.21. The highest BCUT2D eigenvalue weighted by Crippen LogP contribution is 2.53. The summed E-state index contributed by atoms with van der Waals surface area (Å²) in [7, 11) is 0. The van der Waals surface area contributed by atoms with E-state index in [1.807, 2.05) is 0 Å². The fourth-order valence-corrected chi connectivity index (χ4v) is 5.55. The summed E-state index contributed by atoms with van der Waals surface area (Å²) in [6.07, 6.45) is 3.11. The van der Waals surface area contributed by atoms with Gasteiger partial charge in [0.15, 0.2) is 17.2 Å². The van der Waals surface area contributed by atoms with Crippen molar-refractivity contribution in [2.24, 2.45) is 0 Å². The molecule has 1 aromatic heterocycles. The van der Waals surface area contributed by atoms with Gasteiger partial charge in [0.25, 0.3) is 11.8 Å². The maximum atomic E-state index is 14.1. The quantitative estimate of drug-likeness (QED) is 0.447. The van der Waals surface area contributed by atoms with Crippen molar-refractivity contribution in [1.29, 1.82) is 0 Å². The zero-order chi connectivity index (χ0) is 23.7. The molecular weight excluding hydrogens is 480 g/mol. The average molecular weight is 498 g/mol. The van der Waals surface area contributed by atoms with E-state index >= 15 is 0 Å². The van der Waals surface area contributed by atoms with Crippen molar-refractivity contribution in [3.05, 3.63) is 62.0 Å². The van der Waals surface area contributed by atoms with Gasteiger partial charge >= 0.3 is 0 Å². The lowest BCUT2D eigenvalue weighted by Crippen LogP contribution is -2.58. The molecule has 1 unspecified atom stereocenters. The summed E-state index contributed by atoms with van der Waals surface area (Å²) in [5.74, 6) is -4.32. The van der Waals surface area contributed by atoms with Crippen LogP contribution in [-0.4, -0.2) is 44.1 Å². The van der Waals surface area contributed by atoms with Crippen molar-refractivity contribution in [3.8, 4) is 5.75 Å². The van der Waals surface area contributed by atoms with Gasteiger partial charge in [-0.2, -0.15) is 12.6 Å². The van der Waals surface area contributed by atoms with Crippen LogP contribution in [0.15, 0.2) is 23.1 Å². The third-order valence-electron chi connectivity index (χ3n) is 6.49. The minimum absolute atomic E-state index is 0.0863. The number of amides is 2. The van der Waals surface area contributed by atoms with Crippen LogP contribution in [0.3, 0.4) is 0 Å². The van der Waals surface area contributed by atoms with Gasteiger partial charge in [-0.15, -0.1) is 0 Å². The number of thiol groups is 1. The average Bonchev–Trinajstić information content (AvgIpc) is 3.36. The van der Waals surface area contributed by atoms with Crippen molar-refractivity contribution in [2.45, 2.75) is 42.9 Å². The lowest BCUT2D eigenvalue weighted by atomic mass is 9.99. The van der Waals surface area contributed by atoms with Gasteiger partial charge in [0, 0.05) is 18.3 Å². The Labute approximate surface area is 196 Å². The first-order chi connectivity index (χ1) is 15.7. The number of pyridine rings is 1. The Morgan fingerprint density at radius 1 is 1.36 bits per heavy atom. The molecule has 3 atom stereocenters. The minimum atomic E-state index is -1.04. The predicted molar refractivity (Wildman–Crippen MR) is 115 cm³/mol. The molecule has 2 fully saturated rings. The second kappa shape index (κ2) is 7.71. The van der Waals surface area contributed by atoms with Crippen molar-refractivity contribution in [2.75, 3.05) is 6.61 Å². The Hall–Kier alpha value is -2.63. The van der Waals surface area contributed by atoms with Gasteiger partial charge in [-0.25, -0.2) is 8.78 Å². The van der Waals surface area contributed by atoms with E-state index in [1.54, 1.807) is 0 Å². The number of carbonyl (C=O) groups excluding carboxylic acids is 2. The summed E-state index contributed by atoms with van der Waals surface area (Å²) < 4.78 is 34.9. The van der Waals surface area contributed by atoms with Gasteiger partial charge in [-0.05, 0) is 25.3 Å². The standard InChI is InChI=1S/C21H18ClF2N3O5S/c22-14-11(23)4-3-9(15(14)24)6-25-19(30)10-7-26-12-2-1-5-21(12)27(13(33)8-32-21)20(31)16(26)18(29)17(10)28/h3-4,7,12-13,29,33H,1-2,5-6,8H2,(H,25,30)/t12-,13?,21-/m1/s1. The number of hydrogen-bond donors (Lipinski definition) is 3. The molecule has 3 aliphatic rings. The first-order valence-electron chi connectivity index (χ1n) is 10.2. The number of ether oxygens (including phenoxy) is 1. The summed E-state index contributed by atoms with van der Waals surface area (Å²) in [5.41, 5.74) is -2.73. The SMILES string of the molecule is O=C(NCc1ccc(F)c(Cl)c1F)c1cn2c(c(O)c1=O)C(=O)N1C(S)CO[C@@]13CCC[C@@H]23. The third kappa shape index (κ3) is 3.09. The van der Waals surface area contributed by atoms with Crippen LogP contribution in [0.2, 0.25) is 5.02 Å². The van der Waals surface area contributed by atoms with Crippen LogP contribution in [0.1, 0.15) is 51.7 Å². The second-order valence-electron chi connectivity index (χ2n) is 8.21. The largest absolute Gasteiger partial charge is 0.503 e. The Morgan fingerprint density at radius 2 is 2.12 bits per heavy atom. The molecule has 174 valence electrons. The second-order valence-corrected chi connectivity index (χ2v) is 9.19. The maximum absolute atomic E-state index is 14.1. The molecular formula is C21H18ClF2N3O5S. The molecule has 1 saturated heterocycles. The molecule has 2 aromatic rings. The number of nitrogens with one attached hydrogen (secondary N) is 1. The topological polar surface area (TPSA) is 101 Å². The van der Waals surface area contributed by atoms with E-state index in [9.17, 15) is 28.3 Å². The van der Waals surface area contributed by atoms with Gasteiger partial charge in [-0.1, -0.05) is 17.7 Å². The highest BCUT2D eigenvalue weighted by molar-refractivity contribution is 7.80. The minimum Gasteiger partial charge on any atom is -0.503 e. The van der Waals surface area contributed by atoms with E-state index in [-0.39, 0.29) is 24.4 Å². The Balaban J connectivity index is 1.52. The van der Waals surface area contributed by atoms with Crippen LogP contribution in [-0.2, 0) is 11.3 Å². The van der Waals surface area contributed by atoms with Gasteiger partial charge in [-0.3, -0.25) is 19.3 Å². The Kier molecular flexibility index (Phi) is 5.18. The van der Waals surface area contributed by atoms with Crippen molar-refractivity contribution in [1.82, 2.24) is 14.8 Å². The normalized spacial score (nSPS) is 25.6. The van der Waals surface area contributed by atoms with Crippen molar-refractivity contribution < 1.29 is 28.2 Å². The van der Waals surface area contributed by atoms with Crippen LogP contribution in [0.4, 0.5) is 8.78 Å². The first-order valence-corrected chi connectivity index (χ1v) is 11.1. The molecule has 0 bridgehead atoms. The van der Waals surface area contributed by atoms with Crippen LogP contribution in [0, 0.1) is 11.6 Å². The number of carbonyl (C=O) groups is 2. The van der Waals surface area contributed by atoms with Crippen LogP contribution in [0.25, 0.3) is 0 Å². The van der Waals surface area contributed by atoms with Crippen molar-refractivity contribution in [3.63, 3.8) is 0 Å². The van der Waals surface area contributed by atoms with Crippen LogP contribution in [0.5, 0.6) is 5.75 Å². The summed E-state index contributed by atoms with van der Waals surface area (Å²) in [6, 6.07) is 1.66. The number of nitrogens with zero attached hydrogens (tertiary/aromatic N) is 2. The molecule has 1 saturated carbocycles. The molecule has 0 radical (unpaired) electrons. The monoisotopic (exact) mass is 497 g/mol. The summed E-state index contributed by atoms with van der Waals surface area (Å²) in [5, 5.41) is 11.8. The fraction of sp³-hybridized carbons (Fsp3) is 0.381. The van der Waals surface area contributed by atoms with Gasteiger partial charge in [0.2, 0.25) is 5.43 Å². The van der Waals surface area contributed by atoms with Gasteiger partial charge in [0.1, 0.15) is 27.6 Å².